The van der Waals surface area contributed by atoms with E-state index in [1.807, 2.05) is 36.4 Å². The van der Waals surface area contributed by atoms with Crippen LogP contribution in [0.25, 0.3) is 11.0 Å². The first-order chi connectivity index (χ1) is 12.5. The highest BCUT2D eigenvalue weighted by Crippen LogP contribution is 2.20. The van der Waals surface area contributed by atoms with E-state index in [9.17, 15) is 9.59 Å². The number of aromatic nitrogens is 3. The van der Waals surface area contributed by atoms with Gasteiger partial charge in [-0.1, -0.05) is 32.0 Å². The third-order valence-electron chi connectivity index (χ3n) is 4.37. The largest absolute Gasteiger partial charge is 0.349 e. The van der Waals surface area contributed by atoms with Gasteiger partial charge in [-0.15, -0.1) is 0 Å². The first-order valence-corrected chi connectivity index (χ1v) is 8.91. The highest BCUT2D eigenvalue weighted by atomic mass is 16.2. The maximum atomic E-state index is 12.5. The Morgan fingerprint density at radius 3 is 2.77 bits per heavy atom. The van der Waals surface area contributed by atoms with Gasteiger partial charge in [0.25, 0.3) is 0 Å². The normalized spacial score (nSPS) is 12.4. The minimum absolute atomic E-state index is 0.0725. The zero-order valence-electron chi connectivity index (χ0n) is 15.1. The van der Waals surface area contributed by atoms with Gasteiger partial charge in [-0.2, -0.15) is 0 Å². The Kier molecular flexibility index (Phi) is 5.51. The second-order valence-corrected chi connectivity index (χ2v) is 6.88. The summed E-state index contributed by atoms with van der Waals surface area (Å²) < 4.78 is 1.61. The Morgan fingerprint density at radius 1 is 1.23 bits per heavy atom. The number of para-hydroxylation sites is 2. The molecule has 0 saturated carbocycles. The maximum Gasteiger partial charge on any atom is 0.326 e. The summed E-state index contributed by atoms with van der Waals surface area (Å²) in [5.74, 6) is 0.369. The molecule has 3 rings (SSSR count). The molecule has 0 saturated heterocycles. The van der Waals surface area contributed by atoms with Gasteiger partial charge in [0.2, 0.25) is 5.91 Å². The molecule has 3 aromatic rings. The van der Waals surface area contributed by atoms with E-state index in [2.05, 4.69) is 29.1 Å². The SMILES string of the molecule is CC(C)C[C@H](NC(=O)CCn1c(=O)[nH]c2ccccc21)c1cccnc1. The second-order valence-electron chi connectivity index (χ2n) is 6.88. The van der Waals surface area contributed by atoms with Crippen molar-refractivity contribution in [2.45, 2.75) is 39.3 Å². The molecule has 1 aromatic carbocycles. The Labute approximate surface area is 152 Å². The third kappa shape index (κ3) is 4.20. The number of benzene rings is 1. The maximum absolute atomic E-state index is 12.5. The third-order valence-corrected chi connectivity index (χ3v) is 4.37. The summed E-state index contributed by atoms with van der Waals surface area (Å²) in [6.07, 6.45) is 4.60. The standard InChI is InChI=1S/C20H24N4O2/c1-14(2)12-17(15-6-5-10-21-13-15)22-19(25)9-11-24-18-8-4-3-7-16(18)23-20(24)26/h3-8,10,13-14,17H,9,11-12H2,1-2H3,(H,22,25)(H,23,26)/t17-/m0/s1. The number of aromatic amines is 1. The predicted molar refractivity (Wildman–Crippen MR) is 102 cm³/mol. The molecule has 2 heterocycles. The molecule has 0 aliphatic carbocycles. The van der Waals surface area contributed by atoms with E-state index >= 15 is 0 Å². The molecule has 2 aromatic heterocycles. The fourth-order valence-corrected chi connectivity index (χ4v) is 3.14. The zero-order chi connectivity index (χ0) is 18.5. The number of hydrogen-bond donors (Lipinski definition) is 2. The van der Waals surface area contributed by atoms with Crippen LogP contribution in [-0.2, 0) is 11.3 Å². The molecule has 1 amide bonds. The predicted octanol–water partition coefficient (Wildman–Crippen LogP) is 3.02. The molecule has 0 radical (unpaired) electrons. The molecule has 6 heteroatoms. The molecule has 136 valence electrons. The van der Waals surface area contributed by atoms with Gasteiger partial charge in [0, 0.05) is 25.4 Å². The quantitative estimate of drug-likeness (QED) is 0.686. The van der Waals surface area contributed by atoms with Crippen LogP contribution in [-0.4, -0.2) is 20.4 Å². The molecule has 0 aliphatic rings. The molecule has 0 fully saturated rings. The Hall–Kier alpha value is -2.89. The van der Waals surface area contributed by atoms with Gasteiger partial charge in [0.15, 0.2) is 0 Å². The van der Waals surface area contributed by atoms with Crippen molar-refractivity contribution in [3.8, 4) is 0 Å². The van der Waals surface area contributed by atoms with Crippen LogP contribution in [0.1, 0.15) is 38.3 Å². The lowest BCUT2D eigenvalue weighted by molar-refractivity contribution is -0.122. The Morgan fingerprint density at radius 2 is 2.04 bits per heavy atom. The summed E-state index contributed by atoms with van der Waals surface area (Å²) in [6.45, 7) is 4.60. The van der Waals surface area contributed by atoms with Gasteiger partial charge in [-0.25, -0.2) is 4.79 Å². The van der Waals surface area contributed by atoms with Crippen molar-refractivity contribution in [3.63, 3.8) is 0 Å². The lowest BCUT2D eigenvalue weighted by Crippen LogP contribution is -2.31. The molecule has 0 spiro atoms. The van der Waals surface area contributed by atoms with Crippen molar-refractivity contribution in [2.24, 2.45) is 5.92 Å². The highest BCUT2D eigenvalue weighted by Gasteiger charge is 2.17. The molecule has 0 unspecified atom stereocenters. The first-order valence-electron chi connectivity index (χ1n) is 8.91. The van der Waals surface area contributed by atoms with E-state index in [0.717, 1.165) is 23.0 Å². The van der Waals surface area contributed by atoms with Crippen LogP contribution in [0.15, 0.2) is 53.6 Å². The van der Waals surface area contributed by atoms with Crippen molar-refractivity contribution in [1.29, 1.82) is 0 Å². The van der Waals surface area contributed by atoms with Gasteiger partial charge in [0.1, 0.15) is 0 Å². The molecule has 0 bridgehead atoms. The number of H-pyrrole nitrogens is 1. The van der Waals surface area contributed by atoms with E-state index in [1.54, 1.807) is 17.0 Å². The fourth-order valence-electron chi connectivity index (χ4n) is 3.14. The Bertz CT molecular complexity index is 928. The summed E-state index contributed by atoms with van der Waals surface area (Å²) >= 11 is 0. The van der Waals surface area contributed by atoms with Crippen LogP contribution < -0.4 is 11.0 Å². The van der Waals surface area contributed by atoms with E-state index in [1.165, 1.54) is 0 Å². The van der Waals surface area contributed by atoms with Crippen molar-refractivity contribution in [2.75, 3.05) is 0 Å². The number of amides is 1. The van der Waals surface area contributed by atoms with Crippen LogP contribution in [0.5, 0.6) is 0 Å². The Balaban J connectivity index is 1.68. The van der Waals surface area contributed by atoms with Crippen LogP contribution >= 0.6 is 0 Å². The van der Waals surface area contributed by atoms with Crippen LogP contribution in [0.3, 0.4) is 0 Å². The summed E-state index contributed by atoms with van der Waals surface area (Å²) in [5.41, 5.74) is 2.41. The van der Waals surface area contributed by atoms with Gasteiger partial charge >= 0.3 is 5.69 Å². The summed E-state index contributed by atoms with van der Waals surface area (Å²) in [7, 11) is 0. The number of nitrogens with zero attached hydrogens (tertiary/aromatic N) is 2. The monoisotopic (exact) mass is 352 g/mol. The fraction of sp³-hybridized carbons (Fsp3) is 0.350. The topological polar surface area (TPSA) is 79.8 Å². The van der Waals surface area contributed by atoms with E-state index in [4.69, 9.17) is 0 Å². The average Bonchev–Trinajstić information content (AvgIpc) is 2.95. The number of aryl methyl sites for hydroxylation is 1. The number of pyridine rings is 1. The second kappa shape index (κ2) is 7.99. The van der Waals surface area contributed by atoms with Gasteiger partial charge < -0.3 is 10.3 Å². The zero-order valence-corrected chi connectivity index (χ0v) is 15.1. The van der Waals surface area contributed by atoms with Crippen molar-refractivity contribution in [1.82, 2.24) is 19.9 Å². The van der Waals surface area contributed by atoms with Crippen molar-refractivity contribution < 1.29 is 4.79 Å². The lowest BCUT2D eigenvalue weighted by Gasteiger charge is -2.21. The van der Waals surface area contributed by atoms with Crippen molar-refractivity contribution >= 4 is 16.9 Å². The van der Waals surface area contributed by atoms with E-state index < -0.39 is 0 Å². The van der Waals surface area contributed by atoms with Crippen LogP contribution in [0.4, 0.5) is 0 Å². The molecule has 26 heavy (non-hydrogen) atoms. The molecule has 0 aliphatic heterocycles. The number of imidazole rings is 1. The van der Waals surface area contributed by atoms with Crippen molar-refractivity contribution in [3.05, 3.63) is 64.8 Å². The number of rotatable bonds is 7. The van der Waals surface area contributed by atoms with E-state index in [-0.39, 0.29) is 24.1 Å². The smallest absolute Gasteiger partial charge is 0.326 e. The van der Waals surface area contributed by atoms with Crippen LogP contribution in [0.2, 0.25) is 0 Å². The summed E-state index contributed by atoms with van der Waals surface area (Å²) in [4.78, 5) is 31.6. The molecular formula is C20H24N4O2. The molecule has 1 atom stereocenters. The average molecular weight is 352 g/mol. The lowest BCUT2D eigenvalue weighted by atomic mass is 9.98. The first kappa shape index (κ1) is 17.9. The highest BCUT2D eigenvalue weighted by molar-refractivity contribution is 5.77. The minimum atomic E-state index is -0.190. The number of hydrogen-bond acceptors (Lipinski definition) is 3. The van der Waals surface area contributed by atoms with Gasteiger partial charge in [-0.3, -0.25) is 14.3 Å². The molecule has 6 nitrogen and oxygen atoms in total. The number of nitrogens with one attached hydrogen (secondary N) is 2. The number of carbonyl (C=O) groups excluding carboxylic acids is 1. The van der Waals surface area contributed by atoms with Gasteiger partial charge in [0.05, 0.1) is 17.1 Å². The van der Waals surface area contributed by atoms with E-state index in [0.29, 0.717) is 12.5 Å². The summed E-state index contributed by atoms with van der Waals surface area (Å²) in [5, 5.41) is 3.09. The number of fused-ring (bicyclic) bond motifs is 1. The molecule has 2 N–H and O–H groups in total. The van der Waals surface area contributed by atoms with Gasteiger partial charge in [-0.05, 0) is 36.1 Å². The molecular weight excluding hydrogens is 328 g/mol. The number of carbonyl (C=O) groups is 1. The summed E-state index contributed by atoms with van der Waals surface area (Å²) in [6, 6.07) is 11.3. The minimum Gasteiger partial charge on any atom is -0.349 e. The van der Waals surface area contributed by atoms with Crippen LogP contribution in [0, 0.1) is 5.92 Å².